The van der Waals surface area contributed by atoms with Gasteiger partial charge in [0.05, 0.1) is 12.8 Å². The maximum atomic E-state index is 5.62. The first-order chi connectivity index (χ1) is 12.9. The molecule has 2 heteroatoms. The largest absolute Gasteiger partial charge is 0.496 e. The van der Waals surface area contributed by atoms with E-state index in [-0.39, 0.29) is 0 Å². The molecule has 146 valence electrons. The molecule has 0 aliphatic carbocycles. The van der Waals surface area contributed by atoms with E-state index in [9.17, 15) is 0 Å². The van der Waals surface area contributed by atoms with E-state index in [4.69, 9.17) is 4.74 Å². The molecule has 0 bridgehead atoms. The normalized spacial score (nSPS) is 10.9. The molecule has 2 rings (SSSR count). The molecule has 0 radical (unpaired) electrons. The third-order valence-corrected chi connectivity index (χ3v) is 4.36. The average molecular weight is 366 g/mol. The Morgan fingerprint density at radius 3 is 2.30 bits per heavy atom. The van der Waals surface area contributed by atoms with Crippen molar-refractivity contribution in [3.63, 3.8) is 0 Å². The third kappa shape index (κ3) is 6.09. The number of aryl methyl sites for hydroxylation is 1. The number of hydrogen-bond donors (Lipinski definition) is 0. The Labute approximate surface area is 166 Å². The fourth-order valence-electron chi connectivity index (χ4n) is 3.01. The van der Waals surface area contributed by atoms with Gasteiger partial charge < -0.3 is 4.74 Å². The van der Waals surface area contributed by atoms with Crippen LogP contribution in [0.1, 0.15) is 75.9 Å². The van der Waals surface area contributed by atoms with Crippen molar-refractivity contribution in [1.29, 1.82) is 0 Å². The van der Waals surface area contributed by atoms with Crippen molar-refractivity contribution in [3.8, 4) is 5.75 Å². The highest BCUT2D eigenvalue weighted by Gasteiger charge is 2.11. The van der Waals surface area contributed by atoms with Crippen LogP contribution in [-0.4, -0.2) is 12.1 Å². The van der Waals surface area contributed by atoms with Crippen molar-refractivity contribution in [3.05, 3.63) is 65.0 Å². The SMILES string of the molecule is C=C(C)c1cccnc1/C=C(\C)c1cc(CC)c(CC)c(OC)c1.CCC. The molecule has 0 unspecified atom stereocenters. The van der Waals surface area contributed by atoms with E-state index >= 15 is 0 Å². The summed E-state index contributed by atoms with van der Waals surface area (Å²) in [5.74, 6) is 0.973. The molecule has 0 atom stereocenters. The molecule has 0 saturated heterocycles. The van der Waals surface area contributed by atoms with E-state index in [1.165, 1.54) is 28.7 Å². The van der Waals surface area contributed by atoms with Gasteiger partial charge in [0.2, 0.25) is 0 Å². The molecule has 0 fully saturated rings. The third-order valence-electron chi connectivity index (χ3n) is 4.36. The Hall–Kier alpha value is -2.35. The number of hydrogen-bond acceptors (Lipinski definition) is 2. The van der Waals surface area contributed by atoms with Gasteiger partial charge in [0.1, 0.15) is 5.75 Å². The summed E-state index contributed by atoms with van der Waals surface area (Å²) in [6.45, 7) is 16.8. The maximum absolute atomic E-state index is 5.62. The van der Waals surface area contributed by atoms with Gasteiger partial charge in [-0.3, -0.25) is 4.98 Å². The molecular weight excluding hydrogens is 330 g/mol. The molecule has 0 spiro atoms. The van der Waals surface area contributed by atoms with E-state index < -0.39 is 0 Å². The van der Waals surface area contributed by atoms with Crippen LogP contribution in [0.5, 0.6) is 5.75 Å². The molecule has 2 nitrogen and oxygen atoms in total. The standard InChI is InChI=1S/C22H27NO.C3H8/c1-7-17-13-18(14-22(24-6)19(17)8-2)16(5)12-21-20(15(3)4)10-9-11-23-21;1-3-2/h9-14H,3,7-8H2,1-2,4-6H3;3H2,1-2H3/b16-12+;. The monoisotopic (exact) mass is 365 g/mol. The van der Waals surface area contributed by atoms with Crippen LogP contribution < -0.4 is 4.74 Å². The van der Waals surface area contributed by atoms with Crippen molar-refractivity contribution in [2.24, 2.45) is 0 Å². The number of nitrogens with zero attached hydrogens (tertiary/aromatic N) is 1. The zero-order valence-electron chi connectivity index (χ0n) is 18.1. The summed E-state index contributed by atoms with van der Waals surface area (Å²) in [5.41, 5.74) is 8.07. The molecular formula is C25H35NO. The lowest BCUT2D eigenvalue weighted by atomic mass is 9.95. The van der Waals surface area contributed by atoms with Crippen molar-refractivity contribution >= 4 is 17.2 Å². The Balaban J connectivity index is 0.00000114. The van der Waals surface area contributed by atoms with Crippen LogP contribution in [0.3, 0.4) is 0 Å². The number of ether oxygens (including phenoxy) is 1. The summed E-state index contributed by atoms with van der Waals surface area (Å²) in [4.78, 5) is 4.52. The van der Waals surface area contributed by atoms with Crippen molar-refractivity contribution in [2.75, 3.05) is 7.11 Å². The number of aromatic nitrogens is 1. The summed E-state index contributed by atoms with van der Waals surface area (Å²) in [6, 6.07) is 8.42. The molecule has 27 heavy (non-hydrogen) atoms. The minimum Gasteiger partial charge on any atom is -0.496 e. The maximum Gasteiger partial charge on any atom is 0.122 e. The Morgan fingerprint density at radius 1 is 1.11 bits per heavy atom. The zero-order chi connectivity index (χ0) is 20.4. The lowest BCUT2D eigenvalue weighted by Gasteiger charge is -2.15. The highest BCUT2D eigenvalue weighted by Crippen LogP contribution is 2.30. The number of rotatable bonds is 6. The van der Waals surface area contributed by atoms with Crippen molar-refractivity contribution in [2.45, 2.75) is 60.8 Å². The highest BCUT2D eigenvalue weighted by atomic mass is 16.5. The van der Waals surface area contributed by atoms with Gasteiger partial charge in [-0.15, -0.1) is 0 Å². The molecule has 1 heterocycles. The number of benzene rings is 1. The number of allylic oxidation sites excluding steroid dienone is 2. The fourth-order valence-corrected chi connectivity index (χ4v) is 3.01. The van der Waals surface area contributed by atoms with Crippen LogP contribution in [0.4, 0.5) is 0 Å². The van der Waals surface area contributed by atoms with Crippen LogP contribution in [0.25, 0.3) is 17.2 Å². The number of methoxy groups -OCH3 is 1. The fraction of sp³-hybridized carbons (Fsp3) is 0.400. The predicted molar refractivity (Wildman–Crippen MR) is 120 cm³/mol. The lowest BCUT2D eigenvalue weighted by Crippen LogP contribution is -1.99. The quantitative estimate of drug-likeness (QED) is 0.539. The molecule has 1 aromatic carbocycles. The van der Waals surface area contributed by atoms with Gasteiger partial charge in [-0.1, -0.05) is 52.8 Å². The van der Waals surface area contributed by atoms with E-state index in [0.29, 0.717) is 0 Å². The van der Waals surface area contributed by atoms with E-state index in [1.54, 1.807) is 7.11 Å². The van der Waals surface area contributed by atoms with Gasteiger partial charge >= 0.3 is 0 Å². The minimum atomic E-state index is 0.957. The smallest absolute Gasteiger partial charge is 0.122 e. The molecule has 0 amide bonds. The van der Waals surface area contributed by atoms with E-state index in [0.717, 1.165) is 35.4 Å². The predicted octanol–water partition coefficient (Wildman–Crippen LogP) is 7.22. The molecule has 2 aromatic rings. The number of pyridine rings is 1. The molecule has 0 N–H and O–H groups in total. The molecule has 0 aliphatic rings. The summed E-state index contributed by atoms with van der Waals surface area (Å²) < 4.78 is 5.62. The second-order valence-corrected chi connectivity index (χ2v) is 6.77. The second kappa shape index (κ2) is 11.4. The lowest BCUT2D eigenvalue weighted by molar-refractivity contribution is 0.409. The first-order valence-electron chi connectivity index (χ1n) is 9.92. The van der Waals surface area contributed by atoms with Crippen LogP contribution in [0.15, 0.2) is 37.0 Å². The first-order valence-corrected chi connectivity index (χ1v) is 9.92. The minimum absolute atomic E-state index is 0.957. The van der Waals surface area contributed by atoms with E-state index in [2.05, 4.69) is 70.5 Å². The van der Waals surface area contributed by atoms with Gasteiger partial charge in [-0.05, 0) is 72.7 Å². The van der Waals surface area contributed by atoms with Gasteiger partial charge in [-0.25, -0.2) is 0 Å². The molecule has 0 aliphatic heterocycles. The Kier molecular flexibility index (Phi) is 9.56. The van der Waals surface area contributed by atoms with Crippen molar-refractivity contribution in [1.82, 2.24) is 4.98 Å². The Bertz CT molecular complexity index is 762. The summed E-state index contributed by atoms with van der Waals surface area (Å²) >= 11 is 0. The molecule has 1 aromatic heterocycles. The topological polar surface area (TPSA) is 22.1 Å². The van der Waals surface area contributed by atoms with Crippen LogP contribution in [-0.2, 0) is 12.8 Å². The van der Waals surface area contributed by atoms with E-state index in [1.807, 2.05) is 19.2 Å². The van der Waals surface area contributed by atoms with Gasteiger partial charge in [0, 0.05) is 11.8 Å². The van der Waals surface area contributed by atoms with Crippen molar-refractivity contribution < 1.29 is 4.74 Å². The van der Waals surface area contributed by atoms with Gasteiger partial charge in [0.15, 0.2) is 0 Å². The van der Waals surface area contributed by atoms with Gasteiger partial charge in [0.25, 0.3) is 0 Å². The summed E-state index contributed by atoms with van der Waals surface area (Å²) in [7, 11) is 1.74. The Morgan fingerprint density at radius 2 is 1.78 bits per heavy atom. The molecule has 0 saturated carbocycles. The van der Waals surface area contributed by atoms with Gasteiger partial charge in [-0.2, -0.15) is 0 Å². The summed E-state index contributed by atoms with van der Waals surface area (Å²) in [6.07, 6.45) is 7.18. The summed E-state index contributed by atoms with van der Waals surface area (Å²) in [5, 5.41) is 0. The average Bonchev–Trinajstić information content (AvgIpc) is 2.67. The zero-order valence-corrected chi connectivity index (χ0v) is 18.1. The second-order valence-electron chi connectivity index (χ2n) is 6.77. The highest BCUT2D eigenvalue weighted by molar-refractivity contribution is 5.84. The van der Waals surface area contributed by atoms with Crippen LogP contribution >= 0.6 is 0 Å². The van der Waals surface area contributed by atoms with Crippen LogP contribution in [0, 0.1) is 0 Å². The van der Waals surface area contributed by atoms with Crippen LogP contribution in [0.2, 0.25) is 0 Å². The first kappa shape index (κ1) is 22.7.